The van der Waals surface area contributed by atoms with Gasteiger partial charge in [-0.2, -0.15) is 0 Å². The topological polar surface area (TPSA) is 20.2 Å². The van der Waals surface area contributed by atoms with Crippen molar-refractivity contribution < 1.29 is 9.50 Å². The lowest BCUT2D eigenvalue weighted by Gasteiger charge is -2.16. The number of rotatable bonds is 3. The summed E-state index contributed by atoms with van der Waals surface area (Å²) in [5.41, 5.74) is 2.78. The maximum Gasteiger partial charge on any atom is 0.129 e. The Morgan fingerprint density at radius 3 is 2.53 bits per heavy atom. The van der Waals surface area contributed by atoms with Crippen LogP contribution in [0.1, 0.15) is 28.4 Å². The molecule has 2 rings (SSSR count). The Morgan fingerprint density at radius 1 is 1.21 bits per heavy atom. The fourth-order valence-corrected chi connectivity index (χ4v) is 2.54. The molecule has 0 aliphatic rings. The van der Waals surface area contributed by atoms with Gasteiger partial charge in [-0.05, 0) is 42.7 Å². The number of halogens is 2. The van der Waals surface area contributed by atoms with Gasteiger partial charge in [0.2, 0.25) is 0 Å². The summed E-state index contributed by atoms with van der Waals surface area (Å²) in [6.45, 7) is 3.64. The number of benzene rings is 2. The molecule has 1 atom stereocenters. The second-order valence-electron chi connectivity index (χ2n) is 4.79. The highest BCUT2D eigenvalue weighted by Crippen LogP contribution is 2.28. The van der Waals surface area contributed by atoms with Gasteiger partial charge in [0.25, 0.3) is 0 Å². The molecule has 0 aromatic heterocycles. The van der Waals surface area contributed by atoms with Crippen molar-refractivity contribution in [1.29, 1.82) is 0 Å². The van der Waals surface area contributed by atoms with E-state index in [4.69, 9.17) is 11.6 Å². The highest BCUT2D eigenvalue weighted by atomic mass is 35.5. The molecule has 0 aliphatic carbocycles. The zero-order valence-electron chi connectivity index (χ0n) is 11.0. The molecule has 2 aromatic rings. The minimum absolute atomic E-state index is 0.306. The Balaban J connectivity index is 2.31. The number of hydrogen-bond acceptors (Lipinski definition) is 1. The van der Waals surface area contributed by atoms with Gasteiger partial charge >= 0.3 is 0 Å². The summed E-state index contributed by atoms with van der Waals surface area (Å²) in [5, 5.41) is 10.8. The van der Waals surface area contributed by atoms with E-state index < -0.39 is 6.10 Å². The smallest absolute Gasteiger partial charge is 0.129 e. The van der Waals surface area contributed by atoms with E-state index in [1.54, 1.807) is 13.0 Å². The zero-order chi connectivity index (χ0) is 14.0. The lowest BCUT2D eigenvalue weighted by Crippen LogP contribution is -2.07. The average molecular weight is 279 g/mol. The van der Waals surface area contributed by atoms with Crippen molar-refractivity contribution in [2.75, 3.05) is 0 Å². The highest BCUT2D eigenvalue weighted by molar-refractivity contribution is 6.31. The van der Waals surface area contributed by atoms with Crippen LogP contribution in [0.25, 0.3) is 0 Å². The third-order valence-corrected chi connectivity index (χ3v) is 3.55. The molecule has 0 radical (unpaired) electrons. The molecular formula is C16H16ClFO. The van der Waals surface area contributed by atoms with Gasteiger partial charge in [-0.1, -0.05) is 35.9 Å². The standard InChI is InChI=1S/C16H16ClFO/c1-10-7-11(2)16(14(18)8-10)15(19)9-12-5-3-4-6-13(12)17/h3-8,15,19H,9H2,1-2H3. The van der Waals surface area contributed by atoms with Crippen LogP contribution in [0.3, 0.4) is 0 Å². The van der Waals surface area contributed by atoms with Gasteiger partial charge in [0.05, 0.1) is 6.10 Å². The quantitative estimate of drug-likeness (QED) is 0.884. The van der Waals surface area contributed by atoms with E-state index in [0.29, 0.717) is 17.0 Å². The summed E-state index contributed by atoms with van der Waals surface area (Å²) >= 11 is 6.06. The molecular weight excluding hydrogens is 263 g/mol. The summed E-state index contributed by atoms with van der Waals surface area (Å²) < 4.78 is 14.0. The van der Waals surface area contributed by atoms with Gasteiger partial charge < -0.3 is 5.11 Å². The van der Waals surface area contributed by atoms with Gasteiger partial charge in [-0.15, -0.1) is 0 Å². The second-order valence-corrected chi connectivity index (χ2v) is 5.20. The number of aliphatic hydroxyl groups excluding tert-OH is 1. The predicted molar refractivity (Wildman–Crippen MR) is 76.0 cm³/mol. The Morgan fingerprint density at radius 2 is 1.89 bits per heavy atom. The number of aliphatic hydroxyl groups is 1. The van der Waals surface area contributed by atoms with E-state index in [-0.39, 0.29) is 5.82 Å². The maximum atomic E-state index is 14.0. The van der Waals surface area contributed by atoms with Gasteiger partial charge in [-0.25, -0.2) is 4.39 Å². The second kappa shape index (κ2) is 5.72. The van der Waals surface area contributed by atoms with Crippen molar-refractivity contribution in [2.24, 2.45) is 0 Å². The van der Waals surface area contributed by atoms with Crippen LogP contribution in [0.4, 0.5) is 4.39 Å². The summed E-state index contributed by atoms with van der Waals surface area (Å²) in [4.78, 5) is 0. The van der Waals surface area contributed by atoms with E-state index in [1.807, 2.05) is 31.2 Å². The Kier molecular flexibility index (Phi) is 4.23. The Bertz CT molecular complexity index is 572. The Hall–Kier alpha value is -1.38. The van der Waals surface area contributed by atoms with Crippen LogP contribution in [0.5, 0.6) is 0 Å². The third kappa shape index (κ3) is 3.14. The minimum atomic E-state index is -0.888. The van der Waals surface area contributed by atoms with Crippen LogP contribution in [0.15, 0.2) is 36.4 Å². The normalized spacial score (nSPS) is 12.5. The summed E-state index contributed by atoms with van der Waals surface area (Å²) in [6.07, 6.45) is -0.582. The van der Waals surface area contributed by atoms with E-state index in [9.17, 15) is 9.50 Å². The summed E-state index contributed by atoms with van der Waals surface area (Å²) in [6, 6.07) is 10.6. The van der Waals surface area contributed by atoms with Crippen molar-refractivity contribution >= 4 is 11.6 Å². The highest BCUT2D eigenvalue weighted by Gasteiger charge is 2.17. The molecule has 100 valence electrons. The number of hydrogen-bond donors (Lipinski definition) is 1. The monoisotopic (exact) mass is 278 g/mol. The molecule has 0 bridgehead atoms. The van der Waals surface area contributed by atoms with Crippen LogP contribution in [-0.2, 0) is 6.42 Å². The van der Waals surface area contributed by atoms with Gasteiger partial charge in [-0.3, -0.25) is 0 Å². The fraction of sp³-hybridized carbons (Fsp3) is 0.250. The molecule has 0 saturated carbocycles. The van der Waals surface area contributed by atoms with Gasteiger partial charge in [0.1, 0.15) is 5.82 Å². The maximum absolute atomic E-state index is 14.0. The van der Waals surface area contributed by atoms with Gasteiger partial charge in [0, 0.05) is 17.0 Å². The van der Waals surface area contributed by atoms with Gasteiger partial charge in [0.15, 0.2) is 0 Å². The lowest BCUT2D eigenvalue weighted by atomic mass is 9.96. The predicted octanol–water partition coefficient (Wildman–Crippen LogP) is 4.37. The average Bonchev–Trinajstić information content (AvgIpc) is 2.30. The van der Waals surface area contributed by atoms with Crippen LogP contribution in [0.2, 0.25) is 5.02 Å². The molecule has 1 nitrogen and oxygen atoms in total. The van der Waals surface area contributed by atoms with Crippen molar-refractivity contribution in [1.82, 2.24) is 0 Å². The van der Waals surface area contributed by atoms with E-state index in [0.717, 1.165) is 16.7 Å². The molecule has 19 heavy (non-hydrogen) atoms. The molecule has 0 saturated heterocycles. The van der Waals surface area contributed by atoms with E-state index in [2.05, 4.69) is 0 Å². The molecule has 2 aromatic carbocycles. The SMILES string of the molecule is Cc1cc(C)c(C(O)Cc2ccccc2Cl)c(F)c1. The molecule has 0 spiro atoms. The number of aryl methyl sites for hydroxylation is 2. The van der Waals surface area contributed by atoms with Crippen molar-refractivity contribution in [3.05, 3.63) is 69.5 Å². The van der Waals surface area contributed by atoms with Crippen LogP contribution in [-0.4, -0.2) is 5.11 Å². The Labute approximate surface area is 117 Å². The summed E-state index contributed by atoms with van der Waals surface area (Å²) in [7, 11) is 0. The molecule has 0 fully saturated rings. The van der Waals surface area contributed by atoms with Crippen LogP contribution >= 0.6 is 11.6 Å². The van der Waals surface area contributed by atoms with E-state index >= 15 is 0 Å². The molecule has 0 amide bonds. The van der Waals surface area contributed by atoms with Crippen LogP contribution < -0.4 is 0 Å². The first-order chi connectivity index (χ1) is 8.99. The lowest BCUT2D eigenvalue weighted by molar-refractivity contribution is 0.173. The summed E-state index contributed by atoms with van der Waals surface area (Å²) in [5.74, 6) is -0.364. The van der Waals surface area contributed by atoms with Crippen molar-refractivity contribution in [3.63, 3.8) is 0 Å². The van der Waals surface area contributed by atoms with E-state index in [1.165, 1.54) is 6.07 Å². The zero-order valence-corrected chi connectivity index (χ0v) is 11.7. The molecule has 0 heterocycles. The first-order valence-electron chi connectivity index (χ1n) is 6.17. The molecule has 0 aliphatic heterocycles. The van der Waals surface area contributed by atoms with Crippen LogP contribution in [0, 0.1) is 19.7 Å². The molecule has 1 N–H and O–H groups in total. The van der Waals surface area contributed by atoms with Crippen molar-refractivity contribution in [2.45, 2.75) is 26.4 Å². The minimum Gasteiger partial charge on any atom is -0.388 e. The fourth-order valence-electron chi connectivity index (χ4n) is 2.32. The third-order valence-electron chi connectivity index (χ3n) is 3.19. The first kappa shape index (κ1) is 14.0. The first-order valence-corrected chi connectivity index (χ1v) is 6.55. The van der Waals surface area contributed by atoms with Crippen molar-refractivity contribution in [3.8, 4) is 0 Å². The molecule has 1 unspecified atom stereocenters. The molecule has 3 heteroatoms. The largest absolute Gasteiger partial charge is 0.388 e.